The van der Waals surface area contributed by atoms with Gasteiger partial charge in [-0.3, -0.25) is 0 Å². The average Bonchev–Trinajstić information content (AvgIpc) is 2.15. The van der Waals surface area contributed by atoms with Crippen LogP contribution in [-0.2, 0) is 0 Å². The van der Waals surface area contributed by atoms with Gasteiger partial charge in [-0.2, -0.15) is 0 Å². The van der Waals surface area contributed by atoms with Gasteiger partial charge in [0, 0.05) is 22.3 Å². The Balaban J connectivity index is 2.95. The number of hydrogen-bond acceptors (Lipinski definition) is 3. The number of benzene rings is 1. The van der Waals surface area contributed by atoms with Crippen LogP contribution >= 0.6 is 11.6 Å². The molecule has 0 bridgehead atoms. The number of rotatable bonds is 3. The van der Waals surface area contributed by atoms with Gasteiger partial charge in [-0.1, -0.05) is 17.7 Å². The summed E-state index contributed by atoms with van der Waals surface area (Å²) in [7, 11) is 1.79. The molecule has 0 aromatic heterocycles. The van der Waals surface area contributed by atoms with Crippen LogP contribution in [0, 0.1) is 0 Å². The van der Waals surface area contributed by atoms with Crippen molar-refractivity contribution in [2.45, 2.75) is 19.1 Å². The first-order valence-electron chi connectivity index (χ1n) is 4.46. The van der Waals surface area contributed by atoms with E-state index >= 15 is 0 Å². The quantitative estimate of drug-likeness (QED) is 0.670. The van der Waals surface area contributed by atoms with Crippen LogP contribution in [0.3, 0.4) is 0 Å². The molecule has 2 atom stereocenters. The van der Waals surface area contributed by atoms with Crippen molar-refractivity contribution in [2.75, 3.05) is 12.8 Å². The summed E-state index contributed by atoms with van der Waals surface area (Å²) in [5.41, 5.74) is 6.97. The molecule has 0 saturated carbocycles. The van der Waals surface area contributed by atoms with Gasteiger partial charge >= 0.3 is 0 Å². The molecule has 0 amide bonds. The lowest BCUT2D eigenvalue weighted by atomic mass is 10.0. The third-order valence-electron chi connectivity index (χ3n) is 2.30. The number of halogens is 1. The molecule has 1 rings (SSSR count). The van der Waals surface area contributed by atoms with Gasteiger partial charge in [0.1, 0.15) is 0 Å². The molecule has 14 heavy (non-hydrogen) atoms. The number of nitrogens with two attached hydrogens (primary N) is 1. The Bertz CT molecular complexity index is 317. The molecule has 1 aromatic carbocycles. The summed E-state index contributed by atoms with van der Waals surface area (Å²) in [6, 6.07) is 5.07. The molecule has 0 aliphatic carbocycles. The molecular formula is C10H15ClN2O. The monoisotopic (exact) mass is 214 g/mol. The summed E-state index contributed by atoms with van der Waals surface area (Å²) in [5.74, 6) is 0. The Morgan fingerprint density at radius 3 is 2.64 bits per heavy atom. The molecule has 0 saturated heterocycles. The third kappa shape index (κ3) is 2.38. The zero-order valence-electron chi connectivity index (χ0n) is 8.29. The number of aliphatic hydroxyl groups excluding tert-OH is 1. The Labute approximate surface area is 88.9 Å². The second-order valence-corrected chi connectivity index (χ2v) is 3.73. The summed E-state index contributed by atoms with van der Waals surface area (Å²) < 4.78 is 0. The Kier molecular flexibility index (Phi) is 3.75. The molecule has 0 radical (unpaired) electrons. The van der Waals surface area contributed by atoms with Crippen LogP contribution in [0.2, 0.25) is 5.02 Å². The smallest absolute Gasteiger partial charge is 0.0959 e. The van der Waals surface area contributed by atoms with E-state index in [1.807, 2.05) is 6.92 Å². The summed E-state index contributed by atoms with van der Waals surface area (Å²) in [6.45, 7) is 1.89. The highest BCUT2D eigenvalue weighted by molar-refractivity contribution is 6.30. The third-order valence-corrected chi connectivity index (χ3v) is 2.53. The van der Waals surface area contributed by atoms with Crippen molar-refractivity contribution in [2.24, 2.45) is 0 Å². The van der Waals surface area contributed by atoms with Crippen molar-refractivity contribution in [1.82, 2.24) is 5.32 Å². The molecule has 0 aliphatic heterocycles. The van der Waals surface area contributed by atoms with Crippen LogP contribution in [0.1, 0.15) is 18.6 Å². The number of anilines is 1. The number of hydrogen-bond donors (Lipinski definition) is 3. The molecule has 0 aliphatic rings. The first kappa shape index (κ1) is 11.3. The Morgan fingerprint density at radius 1 is 1.50 bits per heavy atom. The first-order chi connectivity index (χ1) is 6.56. The zero-order chi connectivity index (χ0) is 10.7. The van der Waals surface area contributed by atoms with Crippen molar-refractivity contribution < 1.29 is 5.11 Å². The molecule has 1 aromatic rings. The predicted octanol–water partition coefficient (Wildman–Crippen LogP) is 1.56. The molecular weight excluding hydrogens is 200 g/mol. The predicted molar refractivity (Wildman–Crippen MR) is 59.3 cm³/mol. The fraction of sp³-hybridized carbons (Fsp3) is 0.400. The summed E-state index contributed by atoms with van der Waals surface area (Å²) in [6.07, 6.45) is -0.614. The van der Waals surface area contributed by atoms with Crippen LogP contribution in [0.4, 0.5) is 5.69 Å². The minimum absolute atomic E-state index is 0.0431. The Morgan fingerprint density at radius 2 is 2.14 bits per heavy atom. The van der Waals surface area contributed by atoms with E-state index < -0.39 is 6.10 Å². The summed E-state index contributed by atoms with van der Waals surface area (Å²) in [4.78, 5) is 0. The van der Waals surface area contributed by atoms with E-state index in [2.05, 4.69) is 5.32 Å². The van der Waals surface area contributed by atoms with E-state index in [0.29, 0.717) is 16.3 Å². The van der Waals surface area contributed by atoms with Gasteiger partial charge < -0.3 is 16.2 Å². The van der Waals surface area contributed by atoms with Gasteiger partial charge in [0.2, 0.25) is 0 Å². The highest BCUT2D eigenvalue weighted by atomic mass is 35.5. The highest BCUT2D eigenvalue weighted by Crippen LogP contribution is 2.25. The van der Waals surface area contributed by atoms with Gasteiger partial charge in [0.15, 0.2) is 0 Å². The number of nitrogens with one attached hydrogen (secondary N) is 1. The van der Waals surface area contributed by atoms with Gasteiger partial charge in [-0.05, 0) is 26.1 Å². The maximum absolute atomic E-state index is 9.88. The van der Waals surface area contributed by atoms with E-state index in [9.17, 15) is 5.11 Å². The van der Waals surface area contributed by atoms with Crippen molar-refractivity contribution in [3.05, 3.63) is 28.8 Å². The number of likely N-dealkylation sites (N-methyl/N-ethyl adjacent to an activating group) is 1. The van der Waals surface area contributed by atoms with Gasteiger partial charge in [0.25, 0.3) is 0 Å². The molecule has 78 valence electrons. The fourth-order valence-corrected chi connectivity index (χ4v) is 1.42. The zero-order valence-corrected chi connectivity index (χ0v) is 9.05. The van der Waals surface area contributed by atoms with Crippen molar-refractivity contribution in [1.29, 1.82) is 0 Å². The van der Waals surface area contributed by atoms with E-state index in [-0.39, 0.29) is 6.04 Å². The summed E-state index contributed by atoms with van der Waals surface area (Å²) in [5, 5.41) is 13.4. The maximum atomic E-state index is 9.88. The lowest BCUT2D eigenvalue weighted by Crippen LogP contribution is -2.29. The topological polar surface area (TPSA) is 58.3 Å². The van der Waals surface area contributed by atoms with E-state index in [0.717, 1.165) is 0 Å². The van der Waals surface area contributed by atoms with Crippen molar-refractivity contribution in [3.63, 3.8) is 0 Å². The molecule has 0 heterocycles. The van der Waals surface area contributed by atoms with Crippen LogP contribution < -0.4 is 11.1 Å². The van der Waals surface area contributed by atoms with Crippen LogP contribution in [0.25, 0.3) is 0 Å². The first-order valence-corrected chi connectivity index (χ1v) is 4.84. The fourth-order valence-electron chi connectivity index (χ4n) is 1.24. The number of aliphatic hydroxyl groups is 1. The largest absolute Gasteiger partial charge is 0.398 e. The van der Waals surface area contributed by atoms with Crippen LogP contribution in [0.5, 0.6) is 0 Å². The average molecular weight is 215 g/mol. The lowest BCUT2D eigenvalue weighted by Gasteiger charge is -2.20. The minimum Gasteiger partial charge on any atom is -0.398 e. The van der Waals surface area contributed by atoms with Crippen LogP contribution in [0.15, 0.2) is 18.2 Å². The minimum atomic E-state index is -0.614. The van der Waals surface area contributed by atoms with Crippen molar-refractivity contribution >= 4 is 17.3 Å². The molecule has 2 unspecified atom stereocenters. The van der Waals surface area contributed by atoms with Crippen LogP contribution in [-0.4, -0.2) is 18.2 Å². The van der Waals surface area contributed by atoms with Gasteiger partial charge in [-0.15, -0.1) is 0 Å². The molecule has 0 spiro atoms. The van der Waals surface area contributed by atoms with E-state index in [1.54, 1.807) is 25.2 Å². The standard InChI is InChI=1S/C10H15ClN2O/c1-6(13-2)10(14)8-4-3-7(11)5-9(8)12/h3-6,10,13-14H,12H2,1-2H3. The highest BCUT2D eigenvalue weighted by Gasteiger charge is 2.16. The molecule has 0 fully saturated rings. The maximum Gasteiger partial charge on any atom is 0.0959 e. The van der Waals surface area contributed by atoms with Gasteiger partial charge in [-0.25, -0.2) is 0 Å². The molecule has 4 N–H and O–H groups in total. The summed E-state index contributed by atoms with van der Waals surface area (Å²) >= 11 is 5.76. The lowest BCUT2D eigenvalue weighted by molar-refractivity contribution is 0.141. The van der Waals surface area contributed by atoms with Crippen molar-refractivity contribution in [3.8, 4) is 0 Å². The molecule has 4 heteroatoms. The normalized spacial score (nSPS) is 15.1. The second kappa shape index (κ2) is 4.64. The Hall–Kier alpha value is -0.770. The van der Waals surface area contributed by atoms with Gasteiger partial charge in [0.05, 0.1) is 6.10 Å². The number of nitrogen functional groups attached to an aromatic ring is 1. The van der Waals surface area contributed by atoms with E-state index in [1.165, 1.54) is 0 Å². The van der Waals surface area contributed by atoms with E-state index in [4.69, 9.17) is 17.3 Å². The second-order valence-electron chi connectivity index (χ2n) is 3.30. The SMILES string of the molecule is CNC(C)C(O)c1ccc(Cl)cc1N. The molecule has 3 nitrogen and oxygen atoms in total.